The van der Waals surface area contributed by atoms with Gasteiger partial charge < -0.3 is 9.88 Å². The van der Waals surface area contributed by atoms with E-state index < -0.39 is 6.03 Å². The lowest BCUT2D eigenvalue weighted by atomic mass is 10.0. The Morgan fingerprint density at radius 1 is 0.885 bits per heavy atom. The number of H-pyrrole nitrogens is 1. The van der Waals surface area contributed by atoms with Crippen molar-refractivity contribution in [3.05, 3.63) is 83.4 Å². The highest BCUT2D eigenvalue weighted by atomic mass is 35.5. The molecule has 3 fully saturated rings. The van der Waals surface area contributed by atoms with Gasteiger partial charge in [0.2, 0.25) is 11.8 Å². The quantitative estimate of drug-likeness (QED) is 0.201. The Bertz CT molecular complexity index is 2260. The van der Waals surface area contributed by atoms with Gasteiger partial charge in [-0.2, -0.15) is 0 Å². The van der Waals surface area contributed by atoms with Gasteiger partial charge in [0.15, 0.2) is 0 Å². The standard InChI is InChI=1S/C39H40ClN9O3/c40-37-31(22-43-38-36(37)30(21-42-38)26-5-6-26)28-3-1-4-29(19-28)47-18-17-46(24-35(47)51)12-2-11-45-13-7-25(8-14-45)27-9-15-48-32(20-27)41-23-34(48)49-16-10-33(50)44-39(49)52/h1,3-4,7,9,15,19-23,26H,2,5-6,8,10-14,16-18,24H2,(H,42,43)(H,44,50,52). The number of imide groups is 1. The molecule has 1 saturated carbocycles. The lowest BCUT2D eigenvalue weighted by molar-refractivity contribution is -0.121. The molecule has 5 aromatic rings. The smallest absolute Gasteiger partial charge is 0.329 e. The van der Waals surface area contributed by atoms with Gasteiger partial charge in [0.25, 0.3) is 0 Å². The molecule has 266 valence electrons. The predicted molar refractivity (Wildman–Crippen MR) is 202 cm³/mol. The van der Waals surface area contributed by atoms with E-state index in [1.54, 1.807) is 11.1 Å². The summed E-state index contributed by atoms with van der Waals surface area (Å²) in [6.07, 6.45) is 14.4. The second kappa shape index (κ2) is 13.5. The van der Waals surface area contributed by atoms with Gasteiger partial charge in [-0.3, -0.25) is 34.0 Å². The molecule has 0 spiro atoms. The van der Waals surface area contributed by atoms with Gasteiger partial charge in [-0.25, -0.2) is 14.8 Å². The number of carbonyl (C=O) groups excluding carboxylic acids is 3. The summed E-state index contributed by atoms with van der Waals surface area (Å²) in [4.78, 5) is 58.0. The van der Waals surface area contributed by atoms with Crippen molar-refractivity contribution in [1.82, 2.24) is 34.5 Å². The van der Waals surface area contributed by atoms with E-state index in [-0.39, 0.29) is 18.2 Å². The summed E-state index contributed by atoms with van der Waals surface area (Å²) in [7, 11) is 0. The van der Waals surface area contributed by atoms with Crippen molar-refractivity contribution in [3.8, 4) is 11.1 Å². The number of aromatic amines is 1. The summed E-state index contributed by atoms with van der Waals surface area (Å²) >= 11 is 6.99. The van der Waals surface area contributed by atoms with Gasteiger partial charge in [-0.15, -0.1) is 0 Å². The van der Waals surface area contributed by atoms with Gasteiger partial charge in [0.05, 0.1) is 17.8 Å². The van der Waals surface area contributed by atoms with Crippen LogP contribution in [-0.2, 0) is 9.59 Å². The second-order valence-electron chi connectivity index (χ2n) is 14.2. The van der Waals surface area contributed by atoms with Crippen LogP contribution in [0.3, 0.4) is 0 Å². The van der Waals surface area contributed by atoms with E-state index in [1.165, 1.54) is 24.0 Å². The van der Waals surface area contributed by atoms with Crippen molar-refractivity contribution in [3.63, 3.8) is 0 Å². The molecule has 0 radical (unpaired) electrons. The maximum atomic E-state index is 13.4. The molecule has 1 aliphatic carbocycles. The molecular formula is C39H40ClN9O3. The minimum atomic E-state index is -0.416. The van der Waals surface area contributed by atoms with Crippen molar-refractivity contribution >= 4 is 63.2 Å². The van der Waals surface area contributed by atoms with Crippen molar-refractivity contribution in [2.24, 2.45) is 0 Å². The first-order valence-electron chi connectivity index (χ1n) is 18.2. The van der Waals surface area contributed by atoms with E-state index in [0.717, 1.165) is 89.6 Å². The van der Waals surface area contributed by atoms with Crippen molar-refractivity contribution in [1.29, 1.82) is 0 Å². The average Bonchev–Trinajstić information content (AvgIpc) is 3.77. The molecular weight excluding hydrogens is 678 g/mol. The molecule has 0 unspecified atom stereocenters. The van der Waals surface area contributed by atoms with Crippen LogP contribution >= 0.6 is 11.6 Å². The third kappa shape index (κ3) is 6.24. The number of hydrogen-bond donors (Lipinski definition) is 2. The molecule has 0 bridgehead atoms. The minimum absolute atomic E-state index is 0.117. The topological polar surface area (TPSA) is 122 Å². The Labute approximate surface area is 306 Å². The zero-order valence-corrected chi connectivity index (χ0v) is 29.6. The number of aromatic nitrogens is 4. The van der Waals surface area contributed by atoms with Crippen molar-refractivity contribution in [2.45, 2.75) is 38.0 Å². The van der Waals surface area contributed by atoms with Crippen molar-refractivity contribution in [2.75, 3.05) is 62.2 Å². The Morgan fingerprint density at radius 3 is 2.58 bits per heavy atom. The highest BCUT2D eigenvalue weighted by Gasteiger charge is 2.30. The Morgan fingerprint density at radius 2 is 1.77 bits per heavy atom. The Balaban J connectivity index is 0.775. The monoisotopic (exact) mass is 717 g/mol. The van der Waals surface area contributed by atoms with Crippen LogP contribution in [0.5, 0.6) is 0 Å². The number of halogens is 1. The molecule has 2 saturated heterocycles. The van der Waals surface area contributed by atoms with E-state index in [0.29, 0.717) is 31.4 Å². The van der Waals surface area contributed by atoms with E-state index in [4.69, 9.17) is 11.6 Å². The normalized spacial score (nSPS) is 19.2. The summed E-state index contributed by atoms with van der Waals surface area (Å²) in [6.45, 7) is 5.95. The first-order valence-corrected chi connectivity index (χ1v) is 18.6. The Hall–Kier alpha value is -5.04. The molecule has 3 aliphatic heterocycles. The molecule has 4 aromatic heterocycles. The second-order valence-corrected chi connectivity index (χ2v) is 14.6. The van der Waals surface area contributed by atoms with Crippen LogP contribution in [0, 0.1) is 0 Å². The van der Waals surface area contributed by atoms with E-state index in [1.807, 2.05) is 46.1 Å². The van der Waals surface area contributed by atoms with E-state index in [9.17, 15) is 14.4 Å². The number of nitrogens with one attached hydrogen (secondary N) is 2. The average molecular weight is 718 g/mol. The molecule has 52 heavy (non-hydrogen) atoms. The summed E-state index contributed by atoms with van der Waals surface area (Å²) < 4.78 is 1.89. The number of piperazine rings is 1. The van der Waals surface area contributed by atoms with Crippen LogP contribution < -0.4 is 15.1 Å². The van der Waals surface area contributed by atoms with Crippen LogP contribution in [0.1, 0.15) is 49.1 Å². The molecule has 1 aromatic carbocycles. The molecule has 9 rings (SSSR count). The number of urea groups is 1. The van der Waals surface area contributed by atoms with Gasteiger partial charge in [-0.05, 0) is 91.2 Å². The maximum Gasteiger partial charge on any atom is 0.329 e. The number of nitrogens with zero attached hydrogens (tertiary/aromatic N) is 7. The number of rotatable bonds is 9. The summed E-state index contributed by atoms with van der Waals surface area (Å²) in [5, 5.41) is 4.12. The Kier molecular flexibility index (Phi) is 8.52. The van der Waals surface area contributed by atoms with Crippen LogP contribution in [-0.4, -0.2) is 99.4 Å². The summed E-state index contributed by atoms with van der Waals surface area (Å²) in [5.41, 5.74) is 8.02. The lowest BCUT2D eigenvalue weighted by Gasteiger charge is -2.35. The van der Waals surface area contributed by atoms with Crippen LogP contribution in [0.15, 0.2) is 67.3 Å². The number of anilines is 2. The molecule has 12 nitrogen and oxygen atoms in total. The molecule has 13 heteroatoms. The first-order chi connectivity index (χ1) is 25.4. The molecule has 7 heterocycles. The van der Waals surface area contributed by atoms with Crippen molar-refractivity contribution < 1.29 is 14.4 Å². The van der Waals surface area contributed by atoms with E-state index in [2.05, 4.69) is 54.3 Å². The third-order valence-corrected chi connectivity index (χ3v) is 11.3. The number of fused-ring (bicyclic) bond motifs is 2. The maximum absolute atomic E-state index is 13.4. The van der Waals surface area contributed by atoms with Crippen LogP contribution in [0.4, 0.5) is 16.3 Å². The highest BCUT2D eigenvalue weighted by molar-refractivity contribution is 6.38. The molecule has 4 amide bonds. The molecule has 0 atom stereocenters. The number of hydrogen-bond acceptors (Lipinski definition) is 7. The fourth-order valence-electron chi connectivity index (χ4n) is 7.87. The number of pyridine rings is 2. The fourth-order valence-corrected chi connectivity index (χ4v) is 8.23. The first kappa shape index (κ1) is 32.8. The van der Waals surface area contributed by atoms with Gasteiger partial charge in [0.1, 0.15) is 17.1 Å². The van der Waals surface area contributed by atoms with Crippen LogP contribution in [0.2, 0.25) is 5.02 Å². The summed E-state index contributed by atoms with van der Waals surface area (Å²) in [5.74, 6) is 1.08. The molecule has 2 N–H and O–H groups in total. The molecule has 4 aliphatic rings. The SMILES string of the molecule is O=C1CCN(c2cnc3cc(C4=CCN(CCCN5CCN(c6cccc(-c7cnc8[nH]cc(C9CC9)c8c7Cl)c6)C(=O)C5)CC4)ccn23)C(=O)N1. The van der Waals surface area contributed by atoms with Gasteiger partial charge in [-0.1, -0.05) is 29.8 Å². The minimum Gasteiger partial charge on any atom is -0.346 e. The number of carbonyl (C=O) groups is 3. The predicted octanol–water partition coefficient (Wildman–Crippen LogP) is 5.68. The lowest BCUT2D eigenvalue weighted by Crippen LogP contribution is -2.51. The fraction of sp³-hybridized carbons (Fsp3) is 0.359. The summed E-state index contributed by atoms with van der Waals surface area (Å²) in [6, 6.07) is 11.8. The zero-order valence-electron chi connectivity index (χ0n) is 28.9. The number of benzene rings is 1. The van der Waals surface area contributed by atoms with E-state index >= 15 is 0 Å². The van der Waals surface area contributed by atoms with Gasteiger partial charge >= 0.3 is 6.03 Å². The number of amides is 4. The highest BCUT2D eigenvalue weighted by Crippen LogP contribution is 2.46. The number of imidazole rings is 1. The van der Waals surface area contributed by atoms with Gasteiger partial charge in [0, 0.05) is 74.4 Å². The largest absolute Gasteiger partial charge is 0.346 e. The third-order valence-electron chi connectivity index (χ3n) is 10.9. The van der Waals surface area contributed by atoms with Crippen LogP contribution in [0.25, 0.3) is 33.4 Å². The zero-order chi connectivity index (χ0) is 35.3.